The van der Waals surface area contributed by atoms with Crippen LogP contribution in [0.15, 0.2) is 52.0 Å². The molecule has 0 bridgehead atoms. The highest BCUT2D eigenvalue weighted by molar-refractivity contribution is 9.10. The van der Waals surface area contributed by atoms with Crippen LogP contribution in [0.1, 0.15) is 5.56 Å². The first-order valence-corrected chi connectivity index (χ1v) is 7.45. The Balaban J connectivity index is 1.86. The van der Waals surface area contributed by atoms with E-state index in [4.69, 9.17) is 9.47 Å². The van der Waals surface area contributed by atoms with Crippen LogP contribution in [0.5, 0.6) is 17.2 Å². The number of amides is 1. The van der Waals surface area contributed by atoms with Crippen LogP contribution in [-0.2, 0) is 4.79 Å². The zero-order valence-corrected chi connectivity index (χ0v) is 13.9. The van der Waals surface area contributed by atoms with Gasteiger partial charge in [0.1, 0.15) is 5.75 Å². The molecule has 120 valence electrons. The SMILES string of the molecule is COc1cc(Br)ccc1OCC(=O)NN=Cc1cccc(O)c1. The van der Waals surface area contributed by atoms with Crippen LogP contribution in [0.3, 0.4) is 0 Å². The fraction of sp³-hybridized carbons (Fsp3) is 0.125. The summed E-state index contributed by atoms with van der Waals surface area (Å²) in [6.45, 7) is -0.199. The predicted octanol–water partition coefficient (Wildman–Crippen LogP) is 2.69. The lowest BCUT2D eigenvalue weighted by Gasteiger charge is -2.10. The van der Waals surface area contributed by atoms with Crippen LogP contribution in [0.25, 0.3) is 0 Å². The highest BCUT2D eigenvalue weighted by atomic mass is 79.9. The summed E-state index contributed by atoms with van der Waals surface area (Å²) in [5.41, 5.74) is 3.01. The van der Waals surface area contributed by atoms with Crippen molar-refractivity contribution in [1.82, 2.24) is 5.43 Å². The maximum absolute atomic E-state index is 11.7. The van der Waals surface area contributed by atoms with Crippen LogP contribution in [0, 0.1) is 0 Å². The van der Waals surface area contributed by atoms with Crippen LogP contribution in [0.2, 0.25) is 0 Å². The minimum Gasteiger partial charge on any atom is -0.508 e. The minimum absolute atomic E-state index is 0.131. The summed E-state index contributed by atoms with van der Waals surface area (Å²) in [5, 5.41) is 13.1. The summed E-state index contributed by atoms with van der Waals surface area (Å²) in [4.78, 5) is 11.7. The van der Waals surface area contributed by atoms with Gasteiger partial charge in [-0.3, -0.25) is 4.79 Å². The van der Waals surface area contributed by atoms with Crippen molar-refractivity contribution in [2.45, 2.75) is 0 Å². The molecule has 1 amide bonds. The minimum atomic E-state index is -0.411. The average Bonchev–Trinajstić information content (AvgIpc) is 2.53. The molecule has 0 fully saturated rings. The Hall–Kier alpha value is -2.54. The van der Waals surface area contributed by atoms with Gasteiger partial charge in [-0.2, -0.15) is 5.10 Å². The summed E-state index contributed by atoms with van der Waals surface area (Å²) < 4.78 is 11.4. The van der Waals surface area contributed by atoms with Gasteiger partial charge in [-0.05, 0) is 35.9 Å². The number of aromatic hydroxyl groups is 1. The molecule has 0 aromatic heterocycles. The Bertz CT molecular complexity index is 719. The van der Waals surface area contributed by atoms with E-state index in [0.29, 0.717) is 17.1 Å². The summed E-state index contributed by atoms with van der Waals surface area (Å²) >= 11 is 3.33. The van der Waals surface area contributed by atoms with Crippen molar-refractivity contribution < 1.29 is 19.4 Å². The van der Waals surface area contributed by atoms with Gasteiger partial charge in [-0.1, -0.05) is 28.1 Å². The smallest absolute Gasteiger partial charge is 0.277 e. The predicted molar refractivity (Wildman–Crippen MR) is 90.0 cm³/mol. The van der Waals surface area contributed by atoms with Crippen molar-refractivity contribution in [2.24, 2.45) is 5.10 Å². The number of phenolic OH excluding ortho intramolecular Hbond substituents is 1. The molecule has 0 aliphatic rings. The highest BCUT2D eigenvalue weighted by Gasteiger charge is 2.07. The number of benzene rings is 2. The Morgan fingerprint density at radius 1 is 1.30 bits per heavy atom. The van der Waals surface area contributed by atoms with Crippen LogP contribution >= 0.6 is 15.9 Å². The number of phenols is 1. The van der Waals surface area contributed by atoms with E-state index >= 15 is 0 Å². The molecule has 2 rings (SSSR count). The quantitative estimate of drug-likeness (QED) is 0.598. The third-order valence-corrected chi connectivity index (χ3v) is 3.25. The van der Waals surface area contributed by atoms with E-state index in [-0.39, 0.29) is 12.4 Å². The molecule has 0 unspecified atom stereocenters. The second kappa shape index (κ2) is 8.19. The number of hydrogen-bond acceptors (Lipinski definition) is 5. The zero-order chi connectivity index (χ0) is 16.7. The lowest BCUT2D eigenvalue weighted by atomic mass is 10.2. The van der Waals surface area contributed by atoms with Gasteiger partial charge in [0.25, 0.3) is 5.91 Å². The molecule has 2 aromatic carbocycles. The average molecular weight is 379 g/mol. The van der Waals surface area contributed by atoms with Crippen LogP contribution in [0.4, 0.5) is 0 Å². The summed E-state index contributed by atoms with van der Waals surface area (Å²) in [5.74, 6) is 0.704. The van der Waals surface area contributed by atoms with Gasteiger partial charge in [0.15, 0.2) is 18.1 Å². The van der Waals surface area contributed by atoms with Gasteiger partial charge in [0, 0.05) is 4.47 Å². The van der Waals surface area contributed by atoms with Gasteiger partial charge in [-0.15, -0.1) is 0 Å². The molecule has 0 aliphatic carbocycles. The second-order valence-corrected chi connectivity index (χ2v) is 5.39. The van der Waals surface area contributed by atoms with Crippen molar-refractivity contribution in [2.75, 3.05) is 13.7 Å². The van der Waals surface area contributed by atoms with E-state index in [1.54, 1.807) is 36.4 Å². The summed E-state index contributed by atoms with van der Waals surface area (Å²) in [6.07, 6.45) is 1.43. The first kappa shape index (κ1) is 16.8. The molecule has 0 aliphatic heterocycles. The van der Waals surface area contributed by atoms with E-state index in [9.17, 15) is 9.90 Å². The normalized spacial score (nSPS) is 10.5. The monoisotopic (exact) mass is 378 g/mol. The maximum Gasteiger partial charge on any atom is 0.277 e. The fourth-order valence-electron chi connectivity index (χ4n) is 1.72. The molecular weight excluding hydrogens is 364 g/mol. The molecule has 23 heavy (non-hydrogen) atoms. The van der Waals surface area contributed by atoms with Gasteiger partial charge < -0.3 is 14.6 Å². The number of ether oxygens (including phenoxy) is 2. The first-order valence-electron chi connectivity index (χ1n) is 6.66. The maximum atomic E-state index is 11.7. The number of carbonyl (C=O) groups excluding carboxylic acids is 1. The van der Waals surface area contributed by atoms with Gasteiger partial charge in [0.2, 0.25) is 0 Å². The number of hydrogen-bond donors (Lipinski definition) is 2. The van der Waals surface area contributed by atoms with Crippen LogP contribution < -0.4 is 14.9 Å². The lowest BCUT2D eigenvalue weighted by molar-refractivity contribution is -0.123. The molecule has 0 radical (unpaired) electrons. The molecule has 2 aromatic rings. The molecule has 0 saturated carbocycles. The Morgan fingerprint density at radius 3 is 2.87 bits per heavy atom. The largest absolute Gasteiger partial charge is 0.508 e. The van der Waals surface area contributed by atoms with E-state index in [1.165, 1.54) is 19.4 Å². The van der Waals surface area contributed by atoms with Gasteiger partial charge in [-0.25, -0.2) is 5.43 Å². The number of carbonyl (C=O) groups is 1. The third-order valence-electron chi connectivity index (χ3n) is 2.76. The number of nitrogens with one attached hydrogen (secondary N) is 1. The zero-order valence-electron chi connectivity index (χ0n) is 12.3. The van der Waals surface area contributed by atoms with Crippen molar-refractivity contribution in [3.8, 4) is 17.2 Å². The number of hydrazone groups is 1. The standard InChI is InChI=1S/C16H15BrN2O4/c1-22-15-8-12(17)5-6-14(15)23-10-16(21)19-18-9-11-3-2-4-13(20)7-11/h2-9,20H,10H2,1H3,(H,19,21). The van der Waals surface area contributed by atoms with Gasteiger partial charge in [0.05, 0.1) is 13.3 Å². The van der Waals surface area contributed by atoms with E-state index in [0.717, 1.165) is 4.47 Å². The number of rotatable bonds is 6. The Labute approximate surface area is 141 Å². The highest BCUT2D eigenvalue weighted by Crippen LogP contribution is 2.29. The topological polar surface area (TPSA) is 80.2 Å². The third kappa shape index (κ3) is 5.30. The molecule has 2 N–H and O–H groups in total. The Kier molecular flexibility index (Phi) is 5.99. The fourth-order valence-corrected chi connectivity index (χ4v) is 2.06. The second-order valence-electron chi connectivity index (χ2n) is 4.47. The molecule has 0 atom stereocenters. The summed E-state index contributed by atoms with van der Waals surface area (Å²) in [6, 6.07) is 11.7. The molecular formula is C16H15BrN2O4. The van der Waals surface area contributed by atoms with Crippen LogP contribution in [-0.4, -0.2) is 30.9 Å². The molecule has 0 heterocycles. The van der Waals surface area contributed by atoms with Crippen molar-refractivity contribution in [3.63, 3.8) is 0 Å². The molecule has 0 saturated heterocycles. The molecule has 6 nitrogen and oxygen atoms in total. The van der Waals surface area contributed by atoms with Crippen molar-refractivity contribution in [3.05, 3.63) is 52.5 Å². The molecule has 0 spiro atoms. The first-order chi connectivity index (χ1) is 11.1. The number of methoxy groups -OCH3 is 1. The van der Waals surface area contributed by atoms with E-state index in [2.05, 4.69) is 26.5 Å². The number of nitrogens with zero attached hydrogens (tertiary/aromatic N) is 1. The van der Waals surface area contributed by atoms with Crippen molar-refractivity contribution in [1.29, 1.82) is 0 Å². The lowest BCUT2D eigenvalue weighted by Crippen LogP contribution is -2.24. The number of halogens is 1. The molecule has 7 heteroatoms. The van der Waals surface area contributed by atoms with Crippen molar-refractivity contribution >= 4 is 28.1 Å². The van der Waals surface area contributed by atoms with E-state index in [1.807, 2.05) is 0 Å². The van der Waals surface area contributed by atoms with E-state index < -0.39 is 5.91 Å². The Morgan fingerprint density at radius 2 is 2.13 bits per heavy atom. The summed E-state index contributed by atoms with van der Waals surface area (Å²) in [7, 11) is 1.52. The van der Waals surface area contributed by atoms with Gasteiger partial charge >= 0.3 is 0 Å².